The van der Waals surface area contributed by atoms with Gasteiger partial charge in [-0.3, -0.25) is 9.59 Å². The van der Waals surface area contributed by atoms with Crippen molar-refractivity contribution >= 4 is 11.8 Å². The SMILES string of the molecule is CC(C)OC(=O)CCC(=O)CO. The zero-order valence-corrected chi connectivity index (χ0v) is 7.37. The fourth-order valence-electron chi connectivity index (χ4n) is 0.642. The van der Waals surface area contributed by atoms with Crippen LogP contribution < -0.4 is 0 Å². The first-order chi connectivity index (χ1) is 5.56. The van der Waals surface area contributed by atoms with Crippen molar-refractivity contribution in [3.05, 3.63) is 0 Å². The largest absolute Gasteiger partial charge is 0.463 e. The van der Waals surface area contributed by atoms with Crippen LogP contribution in [0.4, 0.5) is 0 Å². The van der Waals surface area contributed by atoms with Crippen molar-refractivity contribution in [3.63, 3.8) is 0 Å². The van der Waals surface area contributed by atoms with Crippen LogP contribution in [0.25, 0.3) is 0 Å². The minimum absolute atomic E-state index is 0.0531. The van der Waals surface area contributed by atoms with Gasteiger partial charge in [0.1, 0.15) is 6.61 Å². The van der Waals surface area contributed by atoms with Gasteiger partial charge in [0.2, 0.25) is 0 Å². The van der Waals surface area contributed by atoms with E-state index in [1.807, 2.05) is 0 Å². The van der Waals surface area contributed by atoms with E-state index in [0.29, 0.717) is 0 Å². The Morgan fingerprint density at radius 3 is 2.33 bits per heavy atom. The topological polar surface area (TPSA) is 63.6 Å². The highest BCUT2D eigenvalue weighted by atomic mass is 16.5. The molecule has 0 rings (SSSR count). The van der Waals surface area contributed by atoms with E-state index in [1.54, 1.807) is 13.8 Å². The van der Waals surface area contributed by atoms with Crippen molar-refractivity contribution in [2.75, 3.05) is 6.61 Å². The van der Waals surface area contributed by atoms with Gasteiger partial charge < -0.3 is 9.84 Å². The Kier molecular flexibility index (Phi) is 5.28. The van der Waals surface area contributed by atoms with Gasteiger partial charge in [0.15, 0.2) is 5.78 Å². The summed E-state index contributed by atoms with van der Waals surface area (Å²) in [6.07, 6.45) is -0.0404. The molecule has 0 aromatic heterocycles. The summed E-state index contributed by atoms with van der Waals surface area (Å²) >= 11 is 0. The highest BCUT2D eigenvalue weighted by molar-refractivity contribution is 5.83. The molecular weight excluding hydrogens is 160 g/mol. The number of carbonyl (C=O) groups excluding carboxylic acids is 2. The maximum Gasteiger partial charge on any atom is 0.306 e. The molecule has 0 fully saturated rings. The second kappa shape index (κ2) is 5.71. The molecule has 0 heterocycles. The Labute approximate surface area is 71.5 Å². The maximum atomic E-state index is 10.8. The second-order valence-corrected chi connectivity index (χ2v) is 2.74. The number of esters is 1. The summed E-state index contributed by atoms with van der Waals surface area (Å²) in [5.74, 6) is -0.734. The summed E-state index contributed by atoms with van der Waals surface area (Å²) in [7, 11) is 0. The number of aliphatic hydroxyl groups is 1. The lowest BCUT2D eigenvalue weighted by Crippen LogP contribution is -2.13. The Morgan fingerprint density at radius 2 is 1.92 bits per heavy atom. The van der Waals surface area contributed by atoms with Gasteiger partial charge in [0.05, 0.1) is 12.5 Å². The molecule has 12 heavy (non-hydrogen) atoms. The summed E-state index contributed by atoms with van der Waals surface area (Å²) in [5.41, 5.74) is 0. The number of aliphatic hydroxyl groups excluding tert-OH is 1. The average molecular weight is 174 g/mol. The summed E-state index contributed by atoms with van der Waals surface area (Å²) < 4.78 is 4.77. The first-order valence-corrected chi connectivity index (χ1v) is 3.88. The predicted molar refractivity (Wildman–Crippen MR) is 42.6 cm³/mol. The fourth-order valence-corrected chi connectivity index (χ4v) is 0.642. The lowest BCUT2D eigenvalue weighted by Gasteiger charge is -2.06. The van der Waals surface area contributed by atoms with Gasteiger partial charge >= 0.3 is 5.97 Å². The number of carbonyl (C=O) groups is 2. The highest BCUT2D eigenvalue weighted by Gasteiger charge is 2.07. The minimum atomic E-state index is -0.505. The molecule has 4 heteroatoms. The van der Waals surface area contributed by atoms with E-state index < -0.39 is 12.6 Å². The molecule has 0 aromatic rings. The van der Waals surface area contributed by atoms with Gasteiger partial charge in [-0.15, -0.1) is 0 Å². The lowest BCUT2D eigenvalue weighted by atomic mass is 10.2. The number of Topliss-reactive ketones (excluding diaryl/α,β-unsaturated/α-hetero) is 1. The number of ether oxygens (including phenoxy) is 1. The lowest BCUT2D eigenvalue weighted by molar-refractivity contribution is -0.148. The number of hydrogen-bond acceptors (Lipinski definition) is 4. The van der Waals surface area contributed by atoms with Crippen molar-refractivity contribution in [1.82, 2.24) is 0 Å². The smallest absolute Gasteiger partial charge is 0.306 e. The minimum Gasteiger partial charge on any atom is -0.463 e. The van der Waals surface area contributed by atoms with Crippen molar-refractivity contribution in [1.29, 1.82) is 0 Å². The third-order valence-electron chi connectivity index (χ3n) is 1.15. The molecule has 0 aliphatic heterocycles. The highest BCUT2D eigenvalue weighted by Crippen LogP contribution is 1.97. The molecule has 0 aliphatic rings. The molecule has 0 aromatic carbocycles. The monoisotopic (exact) mass is 174 g/mol. The molecule has 4 nitrogen and oxygen atoms in total. The van der Waals surface area contributed by atoms with E-state index >= 15 is 0 Å². The standard InChI is InChI=1S/C8H14O4/c1-6(2)12-8(11)4-3-7(10)5-9/h6,9H,3-5H2,1-2H3. The zero-order chi connectivity index (χ0) is 9.56. The van der Waals surface area contributed by atoms with Gasteiger partial charge in [-0.25, -0.2) is 0 Å². The van der Waals surface area contributed by atoms with Gasteiger partial charge in [0, 0.05) is 6.42 Å². The Hall–Kier alpha value is -0.900. The first kappa shape index (κ1) is 11.1. The van der Waals surface area contributed by atoms with Gasteiger partial charge in [-0.1, -0.05) is 0 Å². The van der Waals surface area contributed by atoms with Gasteiger partial charge in [-0.2, -0.15) is 0 Å². The summed E-state index contributed by atoms with van der Waals surface area (Å²) in [4.78, 5) is 21.4. The molecule has 0 amide bonds. The molecule has 70 valence electrons. The van der Waals surface area contributed by atoms with E-state index in [1.165, 1.54) is 0 Å². The van der Waals surface area contributed by atoms with Crippen molar-refractivity contribution in [2.45, 2.75) is 32.8 Å². The number of rotatable bonds is 5. The van der Waals surface area contributed by atoms with Crippen LogP contribution in [0.5, 0.6) is 0 Å². The summed E-state index contributed by atoms with van der Waals surface area (Å²) in [6.45, 7) is 2.98. The van der Waals surface area contributed by atoms with Crippen LogP contribution in [0.2, 0.25) is 0 Å². The Bertz CT molecular complexity index is 162. The van der Waals surface area contributed by atoms with Crippen LogP contribution in [0.3, 0.4) is 0 Å². The molecule has 0 aliphatic carbocycles. The number of hydrogen-bond donors (Lipinski definition) is 1. The molecule has 0 saturated carbocycles. The van der Waals surface area contributed by atoms with Crippen molar-refractivity contribution in [3.8, 4) is 0 Å². The van der Waals surface area contributed by atoms with Crippen molar-refractivity contribution < 1.29 is 19.4 Å². The molecule has 0 bridgehead atoms. The second-order valence-electron chi connectivity index (χ2n) is 2.74. The van der Waals surface area contributed by atoms with E-state index in [-0.39, 0.29) is 24.7 Å². The van der Waals surface area contributed by atoms with E-state index in [4.69, 9.17) is 9.84 Å². The van der Waals surface area contributed by atoms with Crippen LogP contribution >= 0.6 is 0 Å². The van der Waals surface area contributed by atoms with Crippen LogP contribution in [-0.2, 0) is 14.3 Å². The van der Waals surface area contributed by atoms with E-state index in [0.717, 1.165) is 0 Å². The third kappa shape index (κ3) is 5.85. The molecule has 0 spiro atoms. The van der Waals surface area contributed by atoms with Crippen LogP contribution in [0.1, 0.15) is 26.7 Å². The molecular formula is C8H14O4. The van der Waals surface area contributed by atoms with E-state index in [2.05, 4.69) is 0 Å². The van der Waals surface area contributed by atoms with Crippen molar-refractivity contribution in [2.24, 2.45) is 0 Å². The van der Waals surface area contributed by atoms with Gasteiger partial charge in [0.25, 0.3) is 0 Å². The fraction of sp³-hybridized carbons (Fsp3) is 0.750. The number of ketones is 1. The molecule has 0 radical (unpaired) electrons. The Morgan fingerprint density at radius 1 is 1.33 bits per heavy atom. The third-order valence-corrected chi connectivity index (χ3v) is 1.15. The van der Waals surface area contributed by atoms with Crippen LogP contribution in [0, 0.1) is 0 Å². The van der Waals surface area contributed by atoms with Gasteiger partial charge in [-0.05, 0) is 13.8 Å². The predicted octanol–water partition coefficient (Wildman–Crippen LogP) is 0.280. The molecule has 0 atom stereocenters. The van der Waals surface area contributed by atoms with E-state index in [9.17, 15) is 9.59 Å². The summed E-state index contributed by atoms with van der Waals surface area (Å²) in [5, 5.41) is 8.33. The first-order valence-electron chi connectivity index (χ1n) is 3.88. The normalized spacial score (nSPS) is 10.0. The van der Waals surface area contributed by atoms with Crippen LogP contribution in [0.15, 0.2) is 0 Å². The molecule has 0 unspecified atom stereocenters. The quantitative estimate of drug-likeness (QED) is 0.608. The van der Waals surface area contributed by atoms with Crippen LogP contribution in [-0.4, -0.2) is 29.6 Å². The zero-order valence-electron chi connectivity index (χ0n) is 7.37. The molecule has 1 N–H and O–H groups in total. The average Bonchev–Trinajstić information content (AvgIpc) is 1.99. The maximum absolute atomic E-state index is 10.8. The Balaban J connectivity index is 3.51. The summed E-state index contributed by atoms with van der Waals surface area (Å²) in [6, 6.07) is 0. The molecule has 0 saturated heterocycles.